The number of terminal acetylenes is 1. The maximum Gasteiger partial charge on any atom is 0.405 e. The van der Waals surface area contributed by atoms with Gasteiger partial charge in [-0.3, -0.25) is 4.79 Å². The third-order valence-electron chi connectivity index (χ3n) is 3.93. The van der Waals surface area contributed by atoms with Crippen LogP contribution in [-0.4, -0.2) is 44.6 Å². The van der Waals surface area contributed by atoms with Crippen molar-refractivity contribution in [2.45, 2.75) is 38.8 Å². The van der Waals surface area contributed by atoms with Crippen molar-refractivity contribution in [2.75, 3.05) is 6.54 Å². The lowest BCUT2D eigenvalue weighted by Crippen LogP contribution is -2.50. The van der Waals surface area contributed by atoms with Crippen molar-refractivity contribution in [3.63, 3.8) is 0 Å². The van der Waals surface area contributed by atoms with Crippen LogP contribution in [0.2, 0.25) is 0 Å². The monoisotopic (exact) mass is 328 g/mol. The highest BCUT2D eigenvalue weighted by molar-refractivity contribution is 5.86. The molecule has 1 saturated heterocycles. The van der Waals surface area contributed by atoms with Gasteiger partial charge >= 0.3 is 6.09 Å². The largest absolute Gasteiger partial charge is 0.465 e. The average molecular weight is 328 g/mol. The number of nitrogens with one attached hydrogen (secondary N) is 2. The molecule has 3 N–H and O–H groups in total. The van der Waals surface area contributed by atoms with Gasteiger partial charge in [-0.15, -0.1) is 6.42 Å². The second-order valence-electron chi connectivity index (χ2n) is 5.94. The number of rotatable bonds is 4. The van der Waals surface area contributed by atoms with Crippen LogP contribution in [0.25, 0.3) is 0 Å². The van der Waals surface area contributed by atoms with Gasteiger partial charge in [0.1, 0.15) is 17.6 Å². The molecule has 1 aromatic rings. The Morgan fingerprint density at radius 1 is 1.54 bits per heavy atom. The molecular weight excluding hydrogens is 308 g/mol. The van der Waals surface area contributed by atoms with E-state index in [9.17, 15) is 9.59 Å². The number of aromatic nitrogens is 2. The maximum absolute atomic E-state index is 12.8. The predicted octanol–water partition coefficient (Wildman–Crippen LogP) is 1.35. The van der Waals surface area contributed by atoms with Crippen LogP contribution in [0, 0.1) is 30.1 Å². The molecule has 7 nitrogen and oxygen atoms in total. The molecule has 1 aliphatic rings. The molecule has 2 atom stereocenters. The van der Waals surface area contributed by atoms with Crippen molar-refractivity contribution < 1.29 is 14.7 Å². The van der Waals surface area contributed by atoms with Crippen molar-refractivity contribution in [1.29, 1.82) is 0 Å². The highest BCUT2D eigenvalue weighted by atomic mass is 16.4. The zero-order chi connectivity index (χ0) is 17.7. The molecule has 1 aromatic heterocycles. The molecule has 7 heteroatoms. The van der Waals surface area contributed by atoms with Crippen LogP contribution in [0.4, 0.5) is 4.79 Å². The fourth-order valence-electron chi connectivity index (χ4n) is 2.81. The van der Waals surface area contributed by atoms with Crippen LogP contribution in [-0.2, 0) is 4.79 Å². The minimum absolute atomic E-state index is 0.150. The smallest absolute Gasteiger partial charge is 0.405 e. The fourth-order valence-corrected chi connectivity index (χ4v) is 2.81. The number of carboxylic acid groups (broad SMARTS) is 1. The van der Waals surface area contributed by atoms with Gasteiger partial charge in [-0.2, -0.15) is 0 Å². The standard InChI is InChI=1S/C17H20N4O3/c1-4-5-7-12-10-18-15(19-12)13-8-6-9-21(13)16(22)14(11(2)3)20-17(23)24/h1,10-11,13-14,20H,6,8-9H2,2-3H3,(H,18,19)(H,23,24)/t13-,14-/m0/s1. The van der Waals surface area contributed by atoms with Crippen LogP contribution in [0.15, 0.2) is 6.20 Å². The first kappa shape index (κ1) is 17.4. The highest BCUT2D eigenvalue weighted by Crippen LogP contribution is 2.31. The summed E-state index contributed by atoms with van der Waals surface area (Å²) in [6, 6.07) is -0.991. The molecule has 24 heavy (non-hydrogen) atoms. The van der Waals surface area contributed by atoms with E-state index in [1.54, 1.807) is 11.1 Å². The number of likely N-dealkylation sites (tertiary alicyclic amines) is 1. The molecule has 0 saturated carbocycles. The van der Waals surface area contributed by atoms with Crippen molar-refractivity contribution in [1.82, 2.24) is 20.2 Å². The van der Waals surface area contributed by atoms with Crippen LogP contribution >= 0.6 is 0 Å². The number of amides is 2. The van der Waals surface area contributed by atoms with Crippen LogP contribution < -0.4 is 5.32 Å². The average Bonchev–Trinajstić information content (AvgIpc) is 3.17. The van der Waals surface area contributed by atoms with E-state index in [0.717, 1.165) is 12.8 Å². The van der Waals surface area contributed by atoms with E-state index in [0.29, 0.717) is 18.1 Å². The molecule has 0 radical (unpaired) electrons. The summed E-state index contributed by atoms with van der Waals surface area (Å²) in [5, 5.41) is 11.3. The van der Waals surface area contributed by atoms with Crippen LogP contribution in [0.1, 0.15) is 44.2 Å². The van der Waals surface area contributed by atoms with Crippen LogP contribution in [0.5, 0.6) is 0 Å². The molecule has 0 unspecified atom stereocenters. The SMILES string of the molecule is C#CC#Cc1cnc([C@@H]2CCCN2C(=O)[C@@H](NC(=O)O)C(C)C)[nH]1. The van der Waals surface area contributed by atoms with Gasteiger partial charge < -0.3 is 20.3 Å². The van der Waals surface area contributed by atoms with E-state index >= 15 is 0 Å². The molecule has 126 valence electrons. The lowest BCUT2D eigenvalue weighted by molar-refractivity contribution is -0.135. The van der Waals surface area contributed by atoms with Gasteiger partial charge in [0, 0.05) is 6.54 Å². The third-order valence-corrected chi connectivity index (χ3v) is 3.93. The Kier molecular flexibility index (Phi) is 5.49. The number of aromatic amines is 1. The molecule has 0 bridgehead atoms. The van der Waals surface area contributed by atoms with Gasteiger partial charge in [0.25, 0.3) is 0 Å². The second kappa shape index (κ2) is 7.56. The van der Waals surface area contributed by atoms with Crippen molar-refractivity contribution >= 4 is 12.0 Å². The summed E-state index contributed by atoms with van der Waals surface area (Å²) in [5.41, 5.74) is 0.589. The summed E-state index contributed by atoms with van der Waals surface area (Å²) in [6.07, 6.45) is 7.07. The van der Waals surface area contributed by atoms with E-state index in [-0.39, 0.29) is 17.9 Å². The number of carbonyl (C=O) groups is 2. The molecule has 1 fully saturated rings. The van der Waals surface area contributed by atoms with Crippen molar-refractivity contribution in [2.24, 2.45) is 5.92 Å². The first-order valence-electron chi connectivity index (χ1n) is 7.75. The van der Waals surface area contributed by atoms with Gasteiger partial charge in [-0.1, -0.05) is 13.8 Å². The van der Waals surface area contributed by atoms with E-state index in [1.807, 2.05) is 13.8 Å². The number of hydrogen-bond acceptors (Lipinski definition) is 3. The van der Waals surface area contributed by atoms with Crippen molar-refractivity contribution in [3.05, 3.63) is 17.7 Å². The first-order valence-corrected chi connectivity index (χ1v) is 7.75. The molecule has 0 aliphatic carbocycles. The molecule has 2 rings (SSSR count). The molecule has 0 aromatic carbocycles. The Balaban J connectivity index is 2.20. The Bertz CT molecular complexity index is 720. The van der Waals surface area contributed by atoms with Gasteiger partial charge in [-0.05, 0) is 36.5 Å². The van der Waals surface area contributed by atoms with Crippen LogP contribution in [0.3, 0.4) is 0 Å². The zero-order valence-corrected chi connectivity index (χ0v) is 13.7. The first-order chi connectivity index (χ1) is 11.4. The number of nitrogens with zero attached hydrogens (tertiary/aromatic N) is 2. The second-order valence-corrected chi connectivity index (χ2v) is 5.94. The number of hydrogen-bond donors (Lipinski definition) is 3. The Hall–Kier alpha value is -2.93. The Morgan fingerprint density at radius 3 is 2.92 bits per heavy atom. The van der Waals surface area contributed by atoms with E-state index in [1.165, 1.54) is 0 Å². The normalized spacial score (nSPS) is 17.8. The number of carbonyl (C=O) groups excluding carboxylic acids is 1. The minimum Gasteiger partial charge on any atom is -0.465 e. The van der Waals surface area contributed by atoms with Gasteiger partial charge in [0.2, 0.25) is 5.91 Å². The molecule has 0 spiro atoms. The van der Waals surface area contributed by atoms with E-state index in [4.69, 9.17) is 11.5 Å². The van der Waals surface area contributed by atoms with Crippen molar-refractivity contribution in [3.8, 4) is 24.2 Å². The molecule has 2 amide bonds. The summed E-state index contributed by atoms with van der Waals surface area (Å²) in [5.74, 6) is 7.75. The predicted molar refractivity (Wildman–Crippen MR) is 87.8 cm³/mol. The summed E-state index contributed by atoms with van der Waals surface area (Å²) in [4.78, 5) is 32.8. The zero-order valence-electron chi connectivity index (χ0n) is 13.7. The summed E-state index contributed by atoms with van der Waals surface area (Å²) >= 11 is 0. The lowest BCUT2D eigenvalue weighted by Gasteiger charge is -2.29. The number of imidazole rings is 1. The summed E-state index contributed by atoms with van der Waals surface area (Å²) < 4.78 is 0. The van der Waals surface area contributed by atoms with Gasteiger partial charge in [-0.25, -0.2) is 9.78 Å². The van der Waals surface area contributed by atoms with E-state index in [2.05, 4.69) is 33.0 Å². The highest BCUT2D eigenvalue weighted by Gasteiger charge is 2.37. The minimum atomic E-state index is -1.21. The molecule has 2 heterocycles. The Morgan fingerprint density at radius 2 is 2.29 bits per heavy atom. The summed E-state index contributed by atoms with van der Waals surface area (Å²) in [6.45, 7) is 4.19. The molecular formula is C17H20N4O3. The van der Waals surface area contributed by atoms with Gasteiger partial charge in [0.05, 0.1) is 12.2 Å². The number of H-pyrrole nitrogens is 1. The van der Waals surface area contributed by atoms with Gasteiger partial charge in [0.15, 0.2) is 0 Å². The van der Waals surface area contributed by atoms with E-state index < -0.39 is 12.1 Å². The quantitative estimate of drug-likeness (QED) is 0.727. The Labute approximate surface area is 140 Å². The fraction of sp³-hybridized carbons (Fsp3) is 0.471. The maximum atomic E-state index is 12.8. The molecule has 1 aliphatic heterocycles. The summed E-state index contributed by atoms with van der Waals surface area (Å²) in [7, 11) is 0. The third kappa shape index (κ3) is 3.88. The topological polar surface area (TPSA) is 98.3 Å². The lowest BCUT2D eigenvalue weighted by atomic mass is 10.0.